The van der Waals surface area contributed by atoms with E-state index >= 15 is 0 Å². The molecule has 0 spiro atoms. The van der Waals surface area contributed by atoms with Gasteiger partial charge in [0.2, 0.25) is 0 Å². The molecule has 0 aliphatic rings. The second-order valence-corrected chi connectivity index (χ2v) is 4.63. The summed E-state index contributed by atoms with van der Waals surface area (Å²) in [5.74, 6) is 0.624. The Kier molecular flexibility index (Phi) is 3.97. The van der Waals surface area contributed by atoms with Gasteiger partial charge >= 0.3 is 0 Å². The predicted octanol–water partition coefficient (Wildman–Crippen LogP) is 3.10. The molecule has 1 nitrogen and oxygen atoms in total. The molecule has 0 bridgehead atoms. The lowest BCUT2D eigenvalue weighted by Gasteiger charge is -2.23. The highest BCUT2D eigenvalue weighted by Gasteiger charge is 2.14. The fourth-order valence-electron chi connectivity index (χ4n) is 1.21. The van der Waals surface area contributed by atoms with Crippen LogP contribution in [0.3, 0.4) is 0 Å². The van der Waals surface area contributed by atoms with Crippen LogP contribution in [0.2, 0.25) is 0 Å². The van der Waals surface area contributed by atoms with Gasteiger partial charge in [0.1, 0.15) is 0 Å². The first kappa shape index (κ1) is 11.5. The monoisotopic (exact) mass is 211 g/mol. The molecule has 0 fully saturated rings. The average Bonchev–Trinajstić information content (AvgIpc) is 2.15. The fraction of sp³-hybridized carbons (Fsp3) is 0.500. The minimum atomic E-state index is 0.00526. The van der Waals surface area contributed by atoms with Crippen molar-refractivity contribution in [3.8, 4) is 0 Å². The summed E-state index contributed by atoms with van der Waals surface area (Å²) in [6, 6.07) is 8.51. The third kappa shape index (κ3) is 3.69. The van der Waals surface area contributed by atoms with Gasteiger partial charge in [-0.15, -0.1) is 11.6 Å². The third-order valence-corrected chi connectivity index (χ3v) is 2.86. The van der Waals surface area contributed by atoms with Crippen LogP contribution in [0.4, 0.5) is 0 Å². The molecule has 14 heavy (non-hydrogen) atoms. The Morgan fingerprint density at radius 1 is 1.36 bits per heavy atom. The molecular formula is C12H18ClN. The molecule has 1 rings (SSSR count). The molecule has 1 N–H and O–H groups in total. The quantitative estimate of drug-likeness (QED) is 0.755. The topological polar surface area (TPSA) is 12.0 Å². The van der Waals surface area contributed by atoms with Crippen molar-refractivity contribution >= 4 is 11.6 Å². The van der Waals surface area contributed by atoms with Crippen LogP contribution in [0.1, 0.15) is 25.0 Å². The van der Waals surface area contributed by atoms with E-state index in [9.17, 15) is 0 Å². The van der Waals surface area contributed by atoms with Crippen molar-refractivity contribution in [1.29, 1.82) is 0 Å². The second-order valence-electron chi connectivity index (χ2n) is 4.36. The Morgan fingerprint density at radius 2 is 2.07 bits per heavy atom. The summed E-state index contributed by atoms with van der Waals surface area (Å²) in [6.07, 6.45) is 0. The molecule has 1 aromatic carbocycles. The van der Waals surface area contributed by atoms with Gasteiger partial charge in [-0.2, -0.15) is 0 Å². The van der Waals surface area contributed by atoms with Crippen LogP contribution >= 0.6 is 11.6 Å². The Bertz CT molecular complexity index is 294. The molecule has 78 valence electrons. The van der Waals surface area contributed by atoms with Crippen LogP contribution in [-0.2, 0) is 6.54 Å². The molecule has 0 aliphatic heterocycles. The molecule has 1 aromatic rings. The standard InChI is InChI=1S/C12H18ClN/c1-10-5-4-6-11(7-10)8-14-12(2,3)9-13/h4-7,14H,8-9H2,1-3H3. The van der Waals surface area contributed by atoms with Crippen molar-refractivity contribution in [2.75, 3.05) is 5.88 Å². The Balaban J connectivity index is 2.54. The van der Waals surface area contributed by atoms with Crippen molar-refractivity contribution in [1.82, 2.24) is 5.32 Å². The molecule has 2 heteroatoms. The van der Waals surface area contributed by atoms with Crippen molar-refractivity contribution < 1.29 is 0 Å². The average molecular weight is 212 g/mol. The van der Waals surface area contributed by atoms with Crippen LogP contribution in [-0.4, -0.2) is 11.4 Å². The van der Waals surface area contributed by atoms with E-state index in [1.807, 2.05) is 0 Å². The first-order valence-corrected chi connectivity index (χ1v) is 5.43. The summed E-state index contributed by atoms with van der Waals surface area (Å²) >= 11 is 5.83. The van der Waals surface area contributed by atoms with Gasteiger partial charge in [0.15, 0.2) is 0 Å². The normalized spacial score (nSPS) is 11.7. The summed E-state index contributed by atoms with van der Waals surface area (Å²) in [6.45, 7) is 7.20. The van der Waals surface area contributed by atoms with E-state index < -0.39 is 0 Å². The summed E-state index contributed by atoms with van der Waals surface area (Å²) in [7, 11) is 0. The van der Waals surface area contributed by atoms with Crippen LogP contribution in [0.25, 0.3) is 0 Å². The van der Waals surface area contributed by atoms with E-state index in [2.05, 4.69) is 50.4 Å². The minimum absolute atomic E-state index is 0.00526. The summed E-state index contributed by atoms with van der Waals surface area (Å²) in [4.78, 5) is 0. The highest BCUT2D eigenvalue weighted by Crippen LogP contribution is 2.08. The molecule has 0 aliphatic carbocycles. The van der Waals surface area contributed by atoms with Crippen molar-refractivity contribution in [3.63, 3.8) is 0 Å². The lowest BCUT2D eigenvalue weighted by atomic mass is 10.1. The SMILES string of the molecule is Cc1cccc(CNC(C)(C)CCl)c1. The van der Waals surface area contributed by atoms with E-state index in [0.717, 1.165) is 6.54 Å². The molecule has 0 amide bonds. The van der Waals surface area contributed by atoms with Gasteiger partial charge in [-0.25, -0.2) is 0 Å². The summed E-state index contributed by atoms with van der Waals surface area (Å²) in [5.41, 5.74) is 2.61. The van der Waals surface area contributed by atoms with Gasteiger partial charge in [-0.1, -0.05) is 29.8 Å². The number of aryl methyl sites for hydroxylation is 1. The first-order valence-electron chi connectivity index (χ1n) is 4.90. The maximum absolute atomic E-state index is 5.83. The fourth-order valence-corrected chi connectivity index (χ4v) is 1.31. The third-order valence-electron chi connectivity index (χ3n) is 2.19. The molecule has 0 saturated heterocycles. The highest BCUT2D eigenvalue weighted by molar-refractivity contribution is 6.18. The number of benzene rings is 1. The van der Waals surface area contributed by atoms with Gasteiger partial charge < -0.3 is 5.32 Å². The molecule has 0 aromatic heterocycles. The van der Waals surface area contributed by atoms with E-state index in [4.69, 9.17) is 11.6 Å². The summed E-state index contributed by atoms with van der Waals surface area (Å²) < 4.78 is 0. The molecule has 0 atom stereocenters. The van der Waals surface area contributed by atoms with Crippen molar-refractivity contribution in [2.24, 2.45) is 0 Å². The van der Waals surface area contributed by atoms with Gasteiger partial charge in [0.05, 0.1) is 0 Å². The van der Waals surface area contributed by atoms with Crippen LogP contribution in [0.15, 0.2) is 24.3 Å². The molecule has 0 unspecified atom stereocenters. The van der Waals surface area contributed by atoms with Crippen LogP contribution in [0.5, 0.6) is 0 Å². The second kappa shape index (κ2) is 4.81. The number of halogens is 1. The van der Waals surface area contributed by atoms with Crippen molar-refractivity contribution in [3.05, 3.63) is 35.4 Å². The van der Waals surface area contributed by atoms with Gasteiger partial charge in [0, 0.05) is 18.0 Å². The number of hydrogen-bond acceptors (Lipinski definition) is 1. The van der Waals surface area contributed by atoms with Crippen LogP contribution in [0, 0.1) is 6.92 Å². The largest absolute Gasteiger partial charge is 0.307 e. The van der Waals surface area contributed by atoms with Crippen LogP contribution < -0.4 is 5.32 Å². The van der Waals surface area contributed by atoms with Gasteiger partial charge in [-0.3, -0.25) is 0 Å². The molecule has 0 saturated carbocycles. The number of hydrogen-bond donors (Lipinski definition) is 1. The lowest BCUT2D eigenvalue weighted by molar-refractivity contribution is 0.429. The maximum atomic E-state index is 5.83. The number of rotatable bonds is 4. The Hall–Kier alpha value is -0.530. The maximum Gasteiger partial charge on any atom is 0.0400 e. The Labute approximate surface area is 91.5 Å². The minimum Gasteiger partial charge on any atom is -0.307 e. The predicted molar refractivity (Wildman–Crippen MR) is 62.8 cm³/mol. The van der Waals surface area contributed by atoms with E-state index in [0.29, 0.717) is 5.88 Å². The van der Waals surface area contributed by atoms with Crippen molar-refractivity contribution in [2.45, 2.75) is 32.9 Å². The zero-order valence-electron chi connectivity index (χ0n) is 9.10. The smallest absolute Gasteiger partial charge is 0.0400 e. The van der Waals surface area contributed by atoms with Gasteiger partial charge in [-0.05, 0) is 26.3 Å². The van der Waals surface area contributed by atoms with E-state index in [-0.39, 0.29) is 5.54 Å². The molecular weight excluding hydrogens is 194 g/mol. The molecule has 0 heterocycles. The first-order chi connectivity index (χ1) is 6.53. The highest BCUT2D eigenvalue weighted by atomic mass is 35.5. The number of alkyl halides is 1. The van der Waals surface area contributed by atoms with E-state index in [1.54, 1.807) is 0 Å². The van der Waals surface area contributed by atoms with Gasteiger partial charge in [0.25, 0.3) is 0 Å². The zero-order valence-corrected chi connectivity index (χ0v) is 9.86. The number of nitrogens with one attached hydrogen (secondary N) is 1. The summed E-state index contributed by atoms with van der Waals surface area (Å²) in [5, 5.41) is 3.42. The zero-order chi connectivity index (χ0) is 10.6. The Morgan fingerprint density at radius 3 is 2.64 bits per heavy atom. The molecule has 0 radical (unpaired) electrons. The lowest BCUT2D eigenvalue weighted by Crippen LogP contribution is -2.40. The van der Waals surface area contributed by atoms with E-state index in [1.165, 1.54) is 11.1 Å².